The lowest BCUT2D eigenvalue weighted by Crippen LogP contribution is -2.18. The second kappa shape index (κ2) is 5.84. The fourth-order valence-electron chi connectivity index (χ4n) is 3.21. The van der Waals surface area contributed by atoms with Gasteiger partial charge in [-0.2, -0.15) is 0 Å². The van der Waals surface area contributed by atoms with E-state index in [4.69, 9.17) is 0 Å². The van der Waals surface area contributed by atoms with Crippen molar-refractivity contribution >= 4 is 22.5 Å². The zero-order chi connectivity index (χ0) is 16.5. The first-order valence-corrected chi connectivity index (χ1v) is 7.82. The maximum Gasteiger partial charge on any atom is 0.269 e. The molecule has 4 rings (SSSR count). The maximum atomic E-state index is 11.1. The summed E-state index contributed by atoms with van der Waals surface area (Å²) in [5.41, 5.74) is 3.71. The van der Waals surface area contributed by atoms with Crippen LogP contribution in [0.15, 0.2) is 42.9 Å². The van der Waals surface area contributed by atoms with Crippen LogP contribution < -0.4 is 5.32 Å². The van der Waals surface area contributed by atoms with Gasteiger partial charge in [0.25, 0.3) is 5.69 Å². The maximum absolute atomic E-state index is 11.1. The molecular formula is C17H15N5O2. The number of nitrogens with one attached hydrogen (secondary N) is 1. The third-order valence-corrected chi connectivity index (χ3v) is 4.36. The first-order chi connectivity index (χ1) is 11.7. The summed E-state index contributed by atoms with van der Waals surface area (Å²) >= 11 is 0. The molecule has 1 atom stereocenters. The van der Waals surface area contributed by atoms with Crippen molar-refractivity contribution in [2.24, 2.45) is 0 Å². The van der Waals surface area contributed by atoms with E-state index < -0.39 is 0 Å². The average molecular weight is 321 g/mol. The Morgan fingerprint density at radius 2 is 2.12 bits per heavy atom. The van der Waals surface area contributed by atoms with Crippen molar-refractivity contribution in [3.63, 3.8) is 0 Å². The Hall–Kier alpha value is -3.09. The van der Waals surface area contributed by atoms with Crippen molar-refractivity contribution in [3.8, 4) is 0 Å². The highest BCUT2D eigenvalue weighted by molar-refractivity contribution is 5.84. The highest BCUT2D eigenvalue weighted by Crippen LogP contribution is 2.35. The quantitative estimate of drug-likeness (QED) is 0.587. The molecule has 0 aliphatic heterocycles. The average Bonchev–Trinajstić information content (AvgIpc) is 2.62. The smallest absolute Gasteiger partial charge is 0.269 e. The Morgan fingerprint density at radius 1 is 1.21 bits per heavy atom. The molecule has 0 amide bonds. The summed E-state index contributed by atoms with van der Waals surface area (Å²) in [6.45, 7) is 0. The van der Waals surface area contributed by atoms with E-state index in [0.29, 0.717) is 11.3 Å². The Balaban J connectivity index is 1.73. The van der Waals surface area contributed by atoms with Gasteiger partial charge in [0.05, 0.1) is 16.5 Å². The fourth-order valence-corrected chi connectivity index (χ4v) is 3.21. The molecule has 3 aromatic rings. The number of hydrogen-bond acceptors (Lipinski definition) is 6. The summed E-state index contributed by atoms with van der Waals surface area (Å²) in [7, 11) is 0. The van der Waals surface area contributed by atoms with Crippen LogP contribution in [0.2, 0.25) is 0 Å². The first kappa shape index (κ1) is 14.5. The zero-order valence-electron chi connectivity index (χ0n) is 12.8. The Morgan fingerprint density at radius 3 is 3.00 bits per heavy atom. The molecule has 1 aromatic carbocycles. The zero-order valence-corrected chi connectivity index (χ0v) is 12.8. The molecule has 0 spiro atoms. The van der Waals surface area contributed by atoms with Crippen LogP contribution in [0.3, 0.4) is 0 Å². The number of aromatic nitrogens is 3. The number of benzene rings is 1. The molecule has 1 unspecified atom stereocenters. The molecule has 1 aliphatic carbocycles. The van der Waals surface area contributed by atoms with Crippen LogP contribution in [0.1, 0.15) is 30.0 Å². The standard InChI is InChI=1S/C17H15N5O2/c23-22(24)12-7-6-11-3-1-4-14(13(11)9-12)21-17-16-15(19-10-20-17)5-2-8-18-16/h2,5-10,14H,1,3-4H2,(H,19,20,21). The number of fused-ring (bicyclic) bond motifs is 2. The van der Waals surface area contributed by atoms with Gasteiger partial charge in [-0.25, -0.2) is 9.97 Å². The monoisotopic (exact) mass is 321 g/mol. The van der Waals surface area contributed by atoms with Gasteiger partial charge in [-0.1, -0.05) is 6.07 Å². The third kappa shape index (κ3) is 2.54. The molecule has 0 saturated carbocycles. The summed E-state index contributed by atoms with van der Waals surface area (Å²) in [6, 6.07) is 8.80. The molecule has 0 radical (unpaired) electrons. The number of non-ortho nitro benzene ring substituents is 1. The topological polar surface area (TPSA) is 93.8 Å². The SMILES string of the molecule is O=[N+]([O-])c1ccc2c(c1)C(Nc1ncnc3cccnc13)CCC2. The van der Waals surface area contributed by atoms with Gasteiger partial charge in [0.1, 0.15) is 11.8 Å². The summed E-state index contributed by atoms with van der Waals surface area (Å²) in [6.07, 6.45) is 6.07. The number of hydrogen-bond donors (Lipinski definition) is 1. The lowest BCUT2D eigenvalue weighted by Gasteiger charge is -2.26. The van der Waals surface area contributed by atoms with E-state index in [2.05, 4.69) is 20.3 Å². The van der Waals surface area contributed by atoms with Crippen LogP contribution >= 0.6 is 0 Å². The predicted octanol–water partition coefficient (Wildman–Crippen LogP) is 3.42. The van der Waals surface area contributed by atoms with E-state index in [9.17, 15) is 10.1 Å². The summed E-state index contributed by atoms with van der Waals surface area (Å²) in [5.74, 6) is 0.657. The summed E-state index contributed by atoms with van der Waals surface area (Å²) in [5, 5.41) is 14.5. The molecule has 1 aliphatic rings. The molecule has 7 nitrogen and oxygen atoms in total. The molecule has 0 fully saturated rings. The van der Waals surface area contributed by atoms with Crippen LogP contribution in [-0.2, 0) is 6.42 Å². The highest BCUT2D eigenvalue weighted by Gasteiger charge is 2.23. The molecule has 24 heavy (non-hydrogen) atoms. The first-order valence-electron chi connectivity index (χ1n) is 7.82. The normalized spacial score (nSPS) is 16.6. The highest BCUT2D eigenvalue weighted by atomic mass is 16.6. The van der Waals surface area contributed by atoms with Gasteiger partial charge < -0.3 is 5.32 Å². The number of rotatable bonds is 3. The van der Waals surface area contributed by atoms with Crippen molar-refractivity contribution in [2.45, 2.75) is 25.3 Å². The van der Waals surface area contributed by atoms with Gasteiger partial charge in [-0.3, -0.25) is 15.1 Å². The van der Waals surface area contributed by atoms with Crippen LogP contribution in [-0.4, -0.2) is 19.9 Å². The van der Waals surface area contributed by atoms with Gasteiger partial charge in [-0.05, 0) is 42.5 Å². The number of aryl methyl sites for hydroxylation is 1. The van der Waals surface area contributed by atoms with Crippen molar-refractivity contribution < 1.29 is 4.92 Å². The van der Waals surface area contributed by atoms with E-state index in [-0.39, 0.29) is 16.7 Å². The Labute approximate surface area is 137 Å². The molecule has 0 saturated heterocycles. The largest absolute Gasteiger partial charge is 0.361 e. The molecule has 7 heteroatoms. The third-order valence-electron chi connectivity index (χ3n) is 4.36. The van der Waals surface area contributed by atoms with E-state index in [1.807, 2.05) is 18.2 Å². The predicted molar refractivity (Wildman–Crippen MR) is 89.7 cm³/mol. The minimum absolute atomic E-state index is 0.0197. The van der Waals surface area contributed by atoms with Gasteiger partial charge >= 0.3 is 0 Å². The minimum atomic E-state index is -0.354. The van der Waals surface area contributed by atoms with Crippen LogP contribution in [0.25, 0.3) is 11.0 Å². The van der Waals surface area contributed by atoms with Gasteiger partial charge in [0, 0.05) is 18.3 Å². The molecule has 2 aromatic heterocycles. The van der Waals surface area contributed by atoms with Gasteiger partial charge in [0.15, 0.2) is 5.82 Å². The van der Waals surface area contributed by atoms with Crippen LogP contribution in [0.5, 0.6) is 0 Å². The minimum Gasteiger partial charge on any atom is -0.361 e. The van der Waals surface area contributed by atoms with Crippen molar-refractivity contribution in [2.75, 3.05) is 5.32 Å². The van der Waals surface area contributed by atoms with E-state index in [1.165, 1.54) is 6.33 Å². The second-order valence-electron chi connectivity index (χ2n) is 5.82. The van der Waals surface area contributed by atoms with Crippen LogP contribution in [0, 0.1) is 10.1 Å². The number of pyridine rings is 1. The van der Waals surface area contributed by atoms with Crippen molar-refractivity contribution in [1.29, 1.82) is 0 Å². The number of nitro benzene ring substituents is 1. The number of anilines is 1. The molecule has 0 bridgehead atoms. The van der Waals surface area contributed by atoms with Crippen molar-refractivity contribution in [3.05, 3.63) is 64.1 Å². The fraction of sp³-hybridized carbons (Fsp3) is 0.235. The van der Waals surface area contributed by atoms with Gasteiger partial charge in [0.2, 0.25) is 0 Å². The Kier molecular flexibility index (Phi) is 3.53. The molecular weight excluding hydrogens is 306 g/mol. The lowest BCUT2D eigenvalue weighted by molar-refractivity contribution is -0.385. The van der Waals surface area contributed by atoms with Crippen LogP contribution in [0.4, 0.5) is 11.5 Å². The van der Waals surface area contributed by atoms with E-state index in [0.717, 1.165) is 35.9 Å². The Bertz CT molecular complexity index is 923. The van der Waals surface area contributed by atoms with E-state index in [1.54, 1.807) is 18.3 Å². The lowest BCUT2D eigenvalue weighted by atomic mass is 9.87. The van der Waals surface area contributed by atoms with Crippen molar-refractivity contribution in [1.82, 2.24) is 15.0 Å². The molecule has 120 valence electrons. The summed E-state index contributed by atoms with van der Waals surface area (Å²) in [4.78, 5) is 23.6. The molecule has 2 heterocycles. The summed E-state index contributed by atoms with van der Waals surface area (Å²) < 4.78 is 0. The number of nitro groups is 1. The second-order valence-corrected chi connectivity index (χ2v) is 5.82. The number of nitrogens with zero attached hydrogens (tertiary/aromatic N) is 4. The molecule has 1 N–H and O–H groups in total. The van der Waals surface area contributed by atoms with Gasteiger partial charge in [-0.15, -0.1) is 0 Å². The van der Waals surface area contributed by atoms with E-state index >= 15 is 0 Å².